The van der Waals surface area contributed by atoms with Crippen LogP contribution in [0.1, 0.15) is 24.1 Å². The minimum absolute atomic E-state index is 0.250. The van der Waals surface area contributed by atoms with Crippen molar-refractivity contribution < 1.29 is 4.74 Å². The molecule has 0 saturated heterocycles. The SMILES string of the molecule is COc1ccccc1[C@@H](C)NCc1ccc(Br)cc1. The Morgan fingerprint density at radius 3 is 2.47 bits per heavy atom. The van der Waals surface area contributed by atoms with Crippen molar-refractivity contribution in [3.05, 3.63) is 64.1 Å². The number of methoxy groups -OCH3 is 1. The summed E-state index contributed by atoms with van der Waals surface area (Å²) in [7, 11) is 1.71. The predicted octanol–water partition coefficient (Wildman–Crippen LogP) is 4.31. The number of ether oxygens (including phenoxy) is 1. The number of hydrogen-bond acceptors (Lipinski definition) is 2. The van der Waals surface area contributed by atoms with Crippen molar-refractivity contribution in [2.75, 3.05) is 7.11 Å². The van der Waals surface area contributed by atoms with Gasteiger partial charge in [-0.05, 0) is 30.7 Å². The molecule has 2 aromatic rings. The Balaban J connectivity index is 2.01. The van der Waals surface area contributed by atoms with Crippen molar-refractivity contribution in [2.45, 2.75) is 19.5 Å². The van der Waals surface area contributed by atoms with E-state index >= 15 is 0 Å². The Labute approximate surface area is 122 Å². The molecule has 0 aliphatic rings. The van der Waals surface area contributed by atoms with Crippen LogP contribution in [0.15, 0.2) is 53.0 Å². The molecule has 0 amide bonds. The van der Waals surface area contributed by atoms with Crippen molar-refractivity contribution in [1.29, 1.82) is 0 Å². The lowest BCUT2D eigenvalue weighted by molar-refractivity contribution is 0.401. The number of benzene rings is 2. The van der Waals surface area contributed by atoms with Crippen LogP contribution in [-0.2, 0) is 6.54 Å². The molecule has 3 heteroatoms. The lowest BCUT2D eigenvalue weighted by Crippen LogP contribution is -2.18. The van der Waals surface area contributed by atoms with E-state index in [9.17, 15) is 0 Å². The second-order valence-electron chi connectivity index (χ2n) is 4.47. The molecule has 100 valence electrons. The molecule has 0 unspecified atom stereocenters. The van der Waals surface area contributed by atoms with E-state index in [1.807, 2.05) is 18.2 Å². The van der Waals surface area contributed by atoms with Crippen LogP contribution in [0.25, 0.3) is 0 Å². The maximum absolute atomic E-state index is 5.39. The van der Waals surface area contributed by atoms with E-state index in [0.29, 0.717) is 0 Å². The molecule has 2 nitrogen and oxygen atoms in total. The lowest BCUT2D eigenvalue weighted by atomic mass is 10.1. The maximum Gasteiger partial charge on any atom is 0.123 e. The molecule has 0 spiro atoms. The zero-order valence-corrected chi connectivity index (χ0v) is 12.8. The van der Waals surface area contributed by atoms with Crippen molar-refractivity contribution >= 4 is 15.9 Å². The number of nitrogens with one attached hydrogen (secondary N) is 1. The molecule has 2 rings (SSSR count). The standard InChI is InChI=1S/C16H18BrNO/c1-12(15-5-3-4-6-16(15)19-2)18-11-13-7-9-14(17)10-8-13/h3-10,12,18H,11H2,1-2H3/t12-/m1/s1. The highest BCUT2D eigenvalue weighted by molar-refractivity contribution is 9.10. The Morgan fingerprint density at radius 1 is 1.11 bits per heavy atom. The first kappa shape index (κ1) is 14.1. The summed E-state index contributed by atoms with van der Waals surface area (Å²) in [5.74, 6) is 0.929. The first-order valence-electron chi connectivity index (χ1n) is 6.31. The molecule has 2 aromatic carbocycles. The summed E-state index contributed by atoms with van der Waals surface area (Å²) < 4.78 is 6.49. The van der Waals surface area contributed by atoms with Gasteiger partial charge in [-0.25, -0.2) is 0 Å². The van der Waals surface area contributed by atoms with Crippen molar-refractivity contribution in [3.63, 3.8) is 0 Å². The van der Waals surface area contributed by atoms with Gasteiger partial charge in [-0.1, -0.05) is 46.3 Å². The van der Waals surface area contributed by atoms with Gasteiger partial charge in [-0.15, -0.1) is 0 Å². The summed E-state index contributed by atoms with van der Waals surface area (Å²) in [4.78, 5) is 0. The van der Waals surface area contributed by atoms with Crippen LogP contribution in [0.4, 0.5) is 0 Å². The maximum atomic E-state index is 5.39. The third-order valence-electron chi connectivity index (χ3n) is 3.13. The molecule has 0 radical (unpaired) electrons. The molecule has 0 aromatic heterocycles. The van der Waals surface area contributed by atoms with Crippen LogP contribution in [0.5, 0.6) is 5.75 Å². The van der Waals surface area contributed by atoms with Crippen LogP contribution in [-0.4, -0.2) is 7.11 Å². The largest absolute Gasteiger partial charge is 0.496 e. The number of para-hydroxylation sites is 1. The third kappa shape index (κ3) is 3.82. The molecule has 0 heterocycles. The van der Waals surface area contributed by atoms with Crippen LogP contribution in [0.3, 0.4) is 0 Å². The molecule has 0 saturated carbocycles. The van der Waals surface area contributed by atoms with Gasteiger partial charge >= 0.3 is 0 Å². The molecule has 19 heavy (non-hydrogen) atoms. The predicted molar refractivity (Wildman–Crippen MR) is 82.4 cm³/mol. The van der Waals surface area contributed by atoms with Gasteiger partial charge in [0.2, 0.25) is 0 Å². The monoisotopic (exact) mass is 319 g/mol. The average Bonchev–Trinajstić information content (AvgIpc) is 2.46. The summed E-state index contributed by atoms with van der Waals surface area (Å²) in [6, 6.07) is 16.7. The van der Waals surface area contributed by atoms with Crippen molar-refractivity contribution in [2.24, 2.45) is 0 Å². The van der Waals surface area contributed by atoms with Gasteiger partial charge in [0.1, 0.15) is 5.75 Å². The summed E-state index contributed by atoms with van der Waals surface area (Å²) in [6.45, 7) is 2.99. The fourth-order valence-corrected chi connectivity index (χ4v) is 2.27. The van der Waals surface area contributed by atoms with E-state index in [0.717, 1.165) is 16.8 Å². The topological polar surface area (TPSA) is 21.3 Å². The molecule has 0 aliphatic carbocycles. The Hall–Kier alpha value is -1.32. The van der Waals surface area contributed by atoms with Gasteiger partial charge in [0.05, 0.1) is 7.11 Å². The minimum Gasteiger partial charge on any atom is -0.496 e. The average molecular weight is 320 g/mol. The Kier molecular flexibility index (Phi) is 5.00. The summed E-state index contributed by atoms with van der Waals surface area (Å²) in [6.07, 6.45) is 0. The number of halogens is 1. The van der Waals surface area contributed by atoms with E-state index in [1.54, 1.807) is 7.11 Å². The van der Waals surface area contributed by atoms with Gasteiger partial charge in [0.15, 0.2) is 0 Å². The van der Waals surface area contributed by atoms with Crippen LogP contribution in [0, 0.1) is 0 Å². The van der Waals surface area contributed by atoms with E-state index < -0.39 is 0 Å². The zero-order chi connectivity index (χ0) is 13.7. The first-order valence-corrected chi connectivity index (χ1v) is 7.10. The fourth-order valence-electron chi connectivity index (χ4n) is 2.01. The number of rotatable bonds is 5. The highest BCUT2D eigenvalue weighted by Gasteiger charge is 2.09. The molecule has 0 fully saturated rings. The Bertz CT molecular complexity index is 525. The molecule has 0 bridgehead atoms. The summed E-state index contributed by atoms with van der Waals surface area (Å²) >= 11 is 3.44. The van der Waals surface area contributed by atoms with Gasteiger partial charge in [0.25, 0.3) is 0 Å². The highest BCUT2D eigenvalue weighted by Crippen LogP contribution is 2.24. The quantitative estimate of drug-likeness (QED) is 0.886. The van der Waals surface area contributed by atoms with Gasteiger partial charge < -0.3 is 10.1 Å². The van der Waals surface area contributed by atoms with Gasteiger partial charge in [-0.2, -0.15) is 0 Å². The van der Waals surface area contributed by atoms with Crippen molar-refractivity contribution in [3.8, 4) is 5.75 Å². The second kappa shape index (κ2) is 6.73. The molecular formula is C16H18BrNO. The second-order valence-corrected chi connectivity index (χ2v) is 5.39. The number of hydrogen-bond donors (Lipinski definition) is 1. The molecular weight excluding hydrogens is 302 g/mol. The van der Waals surface area contributed by atoms with Crippen molar-refractivity contribution in [1.82, 2.24) is 5.32 Å². The van der Waals surface area contributed by atoms with Gasteiger partial charge in [-0.3, -0.25) is 0 Å². The van der Waals surface area contributed by atoms with E-state index in [-0.39, 0.29) is 6.04 Å². The normalized spacial score (nSPS) is 12.2. The van der Waals surface area contributed by atoms with E-state index in [4.69, 9.17) is 4.74 Å². The zero-order valence-electron chi connectivity index (χ0n) is 11.2. The van der Waals surface area contributed by atoms with E-state index in [1.165, 1.54) is 11.1 Å². The van der Waals surface area contributed by atoms with E-state index in [2.05, 4.69) is 58.5 Å². The van der Waals surface area contributed by atoms with Gasteiger partial charge in [0, 0.05) is 22.6 Å². The minimum atomic E-state index is 0.250. The third-order valence-corrected chi connectivity index (χ3v) is 3.66. The molecule has 1 atom stereocenters. The van der Waals surface area contributed by atoms with Crippen LogP contribution >= 0.6 is 15.9 Å². The summed E-state index contributed by atoms with van der Waals surface area (Å²) in [5, 5.41) is 3.51. The van der Waals surface area contributed by atoms with Crippen LogP contribution < -0.4 is 10.1 Å². The lowest BCUT2D eigenvalue weighted by Gasteiger charge is -2.17. The van der Waals surface area contributed by atoms with Crippen LogP contribution in [0.2, 0.25) is 0 Å². The Morgan fingerprint density at radius 2 is 1.79 bits per heavy atom. The molecule has 1 N–H and O–H groups in total. The highest BCUT2D eigenvalue weighted by atomic mass is 79.9. The molecule has 0 aliphatic heterocycles. The fraction of sp³-hybridized carbons (Fsp3) is 0.250. The smallest absolute Gasteiger partial charge is 0.123 e. The first-order chi connectivity index (χ1) is 9.20. The summed E-state index contributed by atoms with van der Waals surface area (Å²) in [5.41, 5.74) is 2.45.